The number of nitrogens with one attached hydrogen (secondary N) is 1. The summed E-state index contributed by atoms with van der Waals surface area (Å²) in [6.45, 7) is 6.46. The van der Waals surface area contributed by atoms with E-state index in [2.05, 4.69) is 30.4 Å². The van der Waals surface area contributed by atoms with Gasteiger partial charge in [-0.3, -0.25) is 4.99 Å². The predicted molar refractivity (Wildman–Crippen MR) is 60.4 cm³/mol. The Kier molecular flexibility index (Phi) is 3.77. The Morgan fingerprint density at radius 1 is 1.67 bits per heavy atom. The lowest BCUT2D eigenvalue weighted by Gasteiger charge is -2.22. The van der Waals surface area contributed by atoms with E-state index in [-0.39, 0.29) is 0 Å². The lowest BCUT2D eigenvalue weighted by Crippen LogP contribution is -2.34. The van der Waals surface area contributed by atoms with Gasteiger partial charge in [-0.2, -0.15) is 11.8 Å². The third-order valence-electron chi connectivity index (χ3n) is 1.80. The second kappa shape index (κ2) is 4.42. The zero-order chi connectivity index (χ0) is 9.03. The third kappa shape index (κ3) is 3.27. The van der Waals surface area contributed by atoms with Gasteiger partial charge in [-0.15, -0.1) is 0 Å². The summed E-state index contributed by atoms with van der Waals surface area (Å²) in [5, 5.41) is 4.49. The van der Waals surface area contributed by atoms with Crippen LogP contribution in [0.3, 0.4) is 0 Å². The maximum absolute atomic E-state index is 4.33. The quantitative estimate of drug-likeness (QED) is 0.759. The summed E-state index contributed by atoms with van der Waals surface area (Å²) >= 11 is 3.71. The molecule has 0 unspecified atom stereocenters. The maximum Gasteiger partial charge on any atom is 0.156 e. The molecule has 0 spiro atoms. The topological polar surface area (TPSA) is 24.4 Å². The van der Waals surface area contributed by atoms with Crippen molar-refractivity contribution in [2.75, 3.05) is 25.1 Å². The lowest BCUT2D eigenvalue weighted by atomic mass is 10.2. The van der Waals surface area contributed by atoms with E-state index in [9.17, 15) is 0 Å². The zero-order valence-corrected chi connectivity index (χ0v) is 9.52. The van der Waals surface area contributed by atoms with Crippen LogP contribution in [0.5, 0.6) is 0 Å². The van der Waals surface area contributed by atoms with E-state index in [1.807, 2.05) is 23.5 Å². The molecule has 1 rings (SSSR count). The Hall–Kier alpha value is 0.170. The molecule has 1 aliphatic heterocycles. The van der Waals surface area contributed by atoms with E-state index in [0.717, 1.165) is 24.0 Å². The fourth-order valence-corrected chi connectivity index (χ4v) is 1.75. The monoisotopic (exact) mass is 204 g/mol. The second-order valence-electron chi connectivity index (χ2n) is 3.35. The van der Waals surface area contributed by atoms with Crippen LogP contribution >= 0.6 is 23.5 Å². The van der Waals surface area contributed by atoms with Gasteiger partial charge in [-0.25, -0.2) is 0 Å². The molecule has 1 heterocycles. The molecule has 0 saturated carbocycles. The lowest BCUT2D eigenvalue weighted by molar-refractivity contribution is 0.682. The Morgan fingerprint density at radius 2 is 2.42 bits per heavy atom. The first-order valence-corrected chi connectivity index (χ1v) is 6.31. The van der Waals surface area contributed by atoms with Gasteiger partial charge in [-0.1, -0.05) is 11.8 Å². The molecular formula is C8H16N2S2. The predicted octanol–water partition coefficient (Wildman–Crippen LogP) is 1.82. The molecule has 1 aliphatic rings. The van der Waals surface area contributed by atoms with Crippen molar-refractivity contribution in [3.8, 4) is 0 Å². The molecule has 0 aromatic carbocycles. The molecule has 70 valence electrons. The van der Waals surface area contributed by atoms with Crippen LogP contribution in [0.4, 0.5) is 0 Å². The number of thioether (sulfide) groups is 2. The van der Waals surface area contributed by atoms with Crippen molar-refractivity contribution in [2.45, 2.75) is 18.6 Å². The maximum atomic E-state index is 4.33. The van der Waals surface area contributed by atoms with E-state index in [1.165, 1.54) is 0 Å². The summed E-state index contributed by atoms with van der Waals surface area (Å²) in [4.78, 5) is 4.33. The fraction of sp³-hybridized carbons (Fsp3) is 0.875. The van der Waals surface area contributed by atoms with Gasteiger partial charge in [0, 0.05) is 17.0 Å². The van der Waals surface area contributed by atoms with Crippen molar-refractivity contribution in [3.05, 3.63) is 0 Å². The van der Waals surface area contributed by atoms with Gasteiger partial charge in [0.05, 0.1) is 6.54 Å². The number of hydrogen-bond donors (Lipinski definition) is 1. The normalized spacial score (nSPS) is 17.8. The summed E-state index contributed by atoms with van der Waals surface area (Å²) in [5.74, 6) is 1.14. The molecule has 0 radical (unpaired) electrons. The Morgan fingerprint density at radius 3 is 2.92 bits per heavy atom. The van der Waals surface area contributed by atoms with E-state index < -0.39 is 0 Å². The second-order valence-corrected chi connectivity index (χ2v) is 5.95. The summed E-state index contributed by atoms with van der Waals surface area (Å²) < 4.78 is 0.311. The third-order valence-corrected chi connectivity index (χ3v) is 3.99. The molecule has 0 aromatic rings. The molecule has 4 heteroatoms. The first-order chi connectivity index (χ1) is 5.64. The highest BCUT2D eigenvalue weighted by Crippen LogP contribution is 2.20. The van der Waals surface area contributed by atoms with Crippen LogP contribution in [0.1, 0.15) is 13.8 Å². The minimum absolute atomic E-state index is 0.311. The van der Waals surface area contributed by atoms with E-state index in [4.69, 9.17) is 0 Å². The van der Waals surface area contributed by atoms with Gasteiger partial charge in [0.25, 0.3) is 0 Å². The highest BCUT2D eigenvalue weighted by Gasteiger charge is 2.17. The molecule has 0 fully saturated rings. The minimum atomic E-state index is 0.311. The van der Waals surface area contributed by atoms with Gasteiger partial charge in [0.15, 0.2) is 5.17 Å². The van der Waals surface area contributed by atoms with Crippen molar-refractivity contribution < 1.29 is 0 Å². The SMILES string of the molecule is CSC(C)(C)CNC1=NCCS1. The molecule has 0 amide bonds. The minimum Gasteiger partial charge on any atom is -0.364 e. The Balaban J connectivity index is 2.24. The summed E-state index contributed by atoms with van der Waals surface area (Å²) in [7, 11) is 0. The molecule has 0 aromatic heterocycles. The first kappa shape index (κ1) is 10.3. The van der Waals surface area contributed by atoms with Crippen LogP contribution in [-0.2, 0) is 0 Å². The van der Waals surface area contributed by atoms with Crippen molar-refractivity contribution in [1.29, 1.82) is 0 Å². The molecule has 1 N–H and O–H groups in total. The number of nitrogens with zero attached hydrogens (tertiary/aromatic N) is 1. The summed E-state index contributed by atoms with van der Waals surface area (Å²) in [6.07, 6.45) is 2.14. The standard InChI is InChI=1S/C8H16N2S2/c1-8(2,11-3)6-10-7-9-4-5-12-7/h4-6H2,1-3H3,(H,9,10). The van der Waals surface area contributed by atoms with E-state index >= 15 is 0 Å². The molecule has 2 nitrogen and oxygen atoms in total. The first-order valence-electron chi connectivity index (χ1n) is 4.10. The average molecular weight is 204 g/mol. The average Bonchev–Trinajstić information content (AvgIpc) is 2.53. The van der Waals surface area contributed by atoms with Crippen LogP contribution in [0.25, 0.3) is 0 Å². The summed E-state index contributed by atoms with van der Waals surface area (Å²) in [5.41, 5.74) is 0. The zero-order valence-electron chi connectivity index (χ0n) is 7.89. The smallest absolute Gasteiger partial charge is 0.156 e. The molecule has 0 aliphatic carbocycles. The highest BCUT2D eigenvalue weighted by atomic mass is 32.2. The molecular weight excluding hydrogens is 188 g/mol. The molecule has 0 atom stereocenters. The fourth-order valence-electron chi connectivity index (χ4n) is 0.803. The van der Waals surface area contributed by atoms with E-state index in [1.54, 1.807) is 0 Å². The molecule has 0 bridgehead atoms. The number of amidine groups is 1. The molecule has 0 saturated heterocycles. The van der Waals surface area contributed by atoms with Crippen LogP contribution < -0.4 is 5.32 Å². The van der Waals surface area contributed by atoms with E-state index in [0.29, 0.717) is 4.75 Å². The van der Waals surface area contributed by atoms with Crippen LogP contribution in [0.2, 0.25) is 0 Å². The van der Waals surface area contributed by atoms with Crippen molar-refractivity contribution in [3.63, 3.8) is 0 Å². The van der Waals surface area contributed by atoms with Crippen LogP contribution in [0.15, 0.2) is 4.99 Å². The number of aliphatic imine (C=N–C) groups is 1. The number of hydrogen-bond acceptors (Lipinski definition) is 4. The van der Waals surface area contributed by atoms with Crippen molar-refractivity contribution in [1.82, 2.24) is 5.32 Å². The van der Waals surface area contributed by atoms with Crippen molar-refractivity contribution in [2.24, 2.45) is 4.99 Å². The Bertz CT molecular complexity index is 178. The molecule has 12 heavy (non-hydrogen) atoms. The van der Waals surface area contributed by atoms with Gasteiger partial charge >= 0.3 is 0 Å². The van der Waals surface area contributed by atoms with Crippen LogP contribution in [-0.4, -0.2) is 35.0 Å². The largest absolute Gasteiger partial charge is 0.364 e. The van der Waals surface area contributed by atoms with Crippen molar-refractivity contribution >= 4 is 28.7 Å². The van der Waals surface area contributed by atoms with Gasteiger partial charge in [0.2, 0.25) is 0 Å². The highest BCUT2D eigenvalue weighted by molar-refractivity contribution is 8.14. The van der Waals surface area contributed by atoms with Gasteiger partial charge in [0.1, 0.15) is 0 Å². The van der Waals surface area contributed by atoms with Gasteiger partial charge in [-0.05, 0) is 20.1 Å². The number of rotatable bonds is 3. The van der Waals surface area contributed by atoms with Crippen LogP contribution in [0, 0.1) is 0 Å². The van der Waals surface area contributed by atoms with Gasteiger partial charge < -0.3 is 5.32 Å². The Labute approximate surface area is 83.0 Å². The summed E-state index contributed by atoms with van der Waals surface area (Å²) in [6, 6.07) is 0.